The molecule has 1 fully saturated rings. The SMILES string of the molecule is CCN1CCC(Nc2nc3ncccc3[nH]2)CC1. The fourth-order valence-electron chi connectivity index (χ4n) is 2.50. The van der Waals surface area contributed by atoms with Crippen LogP contribution in [0.2, 0.25) is 0 Å². The van der Waals surface area contributed by atoms with Crippen LogP contribution in [-0.2, 0) is 0 Å². The van der Waals surface area contributed by atoms with E-state index < -0.39 is 0 Å². The second-order valence-electron chi connectivity index (χ2n) is 4.81. The largest absolute Gasteiger partial charge is 0.353 e. The second kappa shape index (κ2) is 4.94. The van der Waals surface area contributed by atoms with Crippen LogP contribution in [0.4, 0.5) is 5.95 Å². The number of pyridine rings is 1. The van der Waals surface area contributed by atoms with Crippen molar-refractivity contribution >= 4 is 17.1 Å². The Hall–Kier alpha value is -1.62. The van der Waals surface area contributed by atoms with Crippen molar-refractivity contribution in [2.45, 2.75) is 25.8 Å². The average Bonchev–Trinajstić information content (AvgIpc) is 2.82. The summed E-state index contributed by atoms with van der Waals surface area (Å²) in [4.78, 5) is 14.4. The van der Waals surface area contributed by atoms with Gasteiger partial charge in [-0.15, -0.1) is 0 Å². The Morgan fingerprint density at radius 2 is 2.28 bits per heavy atom. The number of imidazole rings is 1. The molecule has 96 valence electrons. The fraction of sp³-hybridized carbons (Fsp3) is 0.538. The molecule has 3 heterocycles. The first-order chi connectivity index (χ1) is 8.85. The molecule has 2 aromatic heterocycles. The molecule has 1 aliphatic rings. The number of likely N-dealkylation sites (tertiary alicyclic amines) is 1. The van der Waals surface area contributed by atoms with Gasteiger partial charge in [0.15, 0.2) is 5.65 Å². The Labute approximate surface area is 107 Å². The third-order valence-corrected chi connectivity index (χ3v) is 3.63. The van der Waals surface area contributed by atoms with Crippen LogP contribution in [0.1, 0.15) is 19.8 Å². The van der Waals surface area contributed by atoms with Gasteiger partial charge in [-0.05, 0) is 31.5 Å². The number of H-pyrrole nitrogens is 1. The van der Waals surface area contributed by atoms with E-state index in [1.807, 2.05) is 12.1 Å². The van der Waals surface area contributed by atoms with E-state index in [2.05, 4.69) is 32.1 Å². The molecular formula is C13H19N5. The number of aromatic nitrogens is 3. The Bertz CT molecular complexity index is 480. The first-order valence-corrected chi connectivity index (χ1v) is 6.65. The number of anilines is 1. The number of nitrogens with zero attached hydrogens (tertiary/aromatic N) is 3. The molecule has 0 radical (unpaired) electrons. The highest BCUT2D eigenvalue weighted by Crippen LogP contribution is 2.16. The number of rotatable bonds is 3. The van der Waals surface area contributed by atoms with E-state index in [9.17, 15) is 0 Å². The monoisotopic (exact) mass is 245 g/mol. The molecule has 5 nitrogen and oxygen atoms in total. The summed E-state index contributed by atoms with van der Waals surface area (Å²) in [5, 5.41) is 3.48. The predicted molar refractivity (Wildman–Crippen MR) is 72.6 cm³/mol. The molecular weight excluding hydrogens is 226 g/mol. The summed E-state index contributed by atoms with van der Waals surface area (Å²) >= 11 is 0. The first kappa shape index (κ1) is 11.5. The minimum atomic E-state index is 0.522. The normalized spacial score (nSPS) is 18.3. The van der Waals surface area contributed by atoms with E-state index in [-0.39, 0.29) is 0 Å². The van der Waals surface area contributed by atoms with Gasteiger partial charge in [0, 0.05) is 25.3 Å². The minimum Gasteiger partial charge on any atom is -0.353 e. The molecule has 0 saturated carbocycles. The molecule has 3 rings (SSSR count). The lowest BCUT2D eigenvalue weighted by Crippen LogP contribution is -2.39. The van der Waals surface area contributed by atoms with Crippen LogP contribution < -0.4 is 5.32 Å². The van der Waals surface area contributed by atoms with Gasteiger partial charge < -0.3 is 15.2 Å². The topological polar surface area (TPSA) is 56.8 Å². The van der Waals surface area contributed by atoms with Crippen LogP contribution in [0.5, 0.6) is 0 Å². The lowest BCUT2D eigenvalue weighted by atomic mass is 10.1. The lowest BCUT2D eigenvalue weighted by Gasteiger charge is -2.31. The third kappa shape index (κ3) is 2.31. The summed E-state index contributed by atoms with van der Waals surface area (Å²) in [6.45, 7) is 5.72. The molecule has 18 heavy (non-hydrogen) atoms. The highest BCUT2D eigenvalue weighted by atomic mass is 15.2. The third-order valence-electron chi connectivity index (χ3n) is 3.63. The van der Waals surface area contributed by atoms with Crippen molar-refractivity contribution in [1.29, 1.82) is 0 Å². The van der Waals surface area contributed by atoms with Crippen molar-refractivity contribution in [2.75, 3.05) is 25.0 Å². The summed E-state index contributed by atoms with van der Waals surface area (Å²) < 4.78 is 0. The predicted octanol–water partition coefficient (Wildman–Crippen LogP) is 1.85. The minimum absolute atomic E-state index is 0.522. The van der Waals surface area contributed by atoms with Crippen LogP contribution in [-0.4, -0.2) is 45.5 Å². The summed E-state index contributed by atoms with van der Waals surface area (Å²) in [7, 11) is 0. The van der Waals surface area contributed by atoms with E-state index in [1.165, 1.54) is 25.9 Å². The van der Waals surface area contributed by atoms with E-state index in [0.717, 1.165) is 23.7 Å². The molecule has 1 saturated heterocycles. The van der Waals surface area contributed by atoms with Gasteiger partial charge in [0.1, 0.15) is 0 Å². The van der Waals surface area contributed by atoms with Gasteiger partial charge in [0.2, 0.25) is 5.95 Å². The quantitative estimate of drug-likeness (QED) is 0.866. The molecule has 5 heteroatoms. The van der Waals surface area contributed by atoms with E-state index in [1.54, 1.807) is 6.20 Å². The van der Waals surface area contributed by atoms with Gasteiger partial charge in [0.25, 0.3) is 0 Å². The van der Waals surface area contributed by atoms with Gasteiger partial charge in [-0.1, -0.05) is 6.92 Å². The van der Waals surface area contributed by atoms with Crippen molar-refractivity contribution in [2.24, 2.45) is 0 Å². The molecule has 0 aliphatic carbocycles. The number of aromatic amines is 1. The van der Waals surface area contributed by atoms with Crippen LogP contribution in [0.3, 0.4) is 0 Å². The summed E-state index contributed by atoms with van der Waals surface area (Å²) in [6, 6.07) is 4.44. The summed E-state index contributed by atoms with van der Waals surface area (Å²) in [5.74, 6) is 0.846. The molecule has 1 aliphatic heterocycles. The molecule has 2 N–H and O–H groups in total. The number of fused-ring (bicyclic) bond motifs is 1. The Kier molecular flexibility index (Phi) is 3.15. The van der Waals surface area contributed by atoms with Crippen LogP contribution in [0, 0.1) is 0 Å². The van der Waals surface area contributed by atoms with Crippen molar-refractivity contribution < 1.29 is 0 Å². The van der Waals surface area contributed by atoms with E-state index in [0.29, 0.717) is 6.04 Å². The summed E-state index contributed by atoms with van der Waals surface area (Å²) in [6.07, 6.45) is 4.13. The highest BCUT2D eigenvalue weighted by Gasteiger charge is 2.18. The zero-order chi connectivity index (χ0) is 12.4. The Morgan fingerprint density at radius 1 is 1.44 bits per heavy atom. The maximum absolute atomic E-state index is 4.45. The Balaban J connectivity index is 1.66. The maximum Gasteiger partial charge on any atom is 0.202 e. The van der Waals surface area contributed by atoms with Gasteiger partial charge in [0.05, 0.1) is 5.52 Å². The van der Waals surface area contributed by atoms with Crippen molar-refractivity contribution in [3.8, 4) is 0 Å². The highest BCUT2D eigenvalue weighted by molar-refractivity contribution is 5.72. The first-order valence-electron chi connectivity index (χ1n) is 6.65. The zero-order valence-electron chi connectivity index (χ0n) is 10.7. The van der Waals surface area contributed by atoms with Gasteiger partial charge in [-0.25, -0.2) is 4.98 Å². The second-order valence-corrected chi connectivity index (χ2v) is 4.81. The zero-order valence-corrected chi connectivity index (χ0v) is 10.7. The van der Waals surface area contributed by atoms with E-state index >= 15 is 0 Å². The standard InChI is InChI=1S/C13H19N5/c1-2-18-8-5-10(6-9-18)15-13-16-11-4-3-7-14-12(11)17-13/h3-4,7,10H,2,5-6,8-9H2,1H3,(H2,14,15,16,17). The fourth-order valence-corrected chi connectivity index (χ4v) is 2.50. The Morgan fingerprint density at radius 3 is 3.00 bits per heavy atom. The molecule has 0 aromatic carbocycles. The number of piperidine rings is 1. The van der Waals surface area contributed by atoms with E-state index in [4.69, 9.17) is 0 Å². The smallest absolute Gasteiger partial charge is 0.202 e. The van der Waals surface area contributed by atoms with Gasteiger partial charge in [-0.3, -0.25) is 0 Å². The van der Waals surface area contributed by atoms with Gasteiger partial charge >= 0.3 is 0 Å². The van der Waals surface area contributed by atoms with Gasteiger partial charge in [-0.2, -0.15) is 4.98 Å². The molecule has 0 bridgehead atoms. The molecule has 0 atom stereocenters. The summed E-state index contributed by atoms with van der Waals surface area (Å²) in [5.41, 5.74) is 1.77. The van der Waals surface area contributed by atoms with Crippen LogP contribution >= 0.6 is 0 Å². The molecule has 2 aromatic rings. The van der Waals surface area contributed by atoms with Crippen molar-refractivity contribution in [1.82, 2.24) is 19.9 Å². The average molecular weight is 245 g/mol. The van der Waals surface area contributed by atoms with Crippen LogP contribution in [0.15, 0.2) is 18.3 Å². The molecule has 0 amide bonds. The number of hydrogen-bond acceptors (Lipinski definition) is 4. The number of nitrogens with one attached hydrogen (secondary N) is 2. The van der Waals surface area contributed by atoms with Crippen LogP contribution in [0.25, 0.3) is 11.2 Å². The maximum atomic E-state index is 4.45. The van der Waals surface area contributed by atoms with Crippen molar-refractivity contribution in [3.05, 3.63) is 18.3 Å². The molecule has 0 spiro atoms. The molecule has 0 unspecified atom stereocenters. The lowest BCUT2D eigenvalue weighted by molar-refractivity contribution is 0.229. The van der Waals surface area contributed by atoms with Crippen molar-refractivity contribution in [3.63, 3.8) is 0 Å². The number of hydrogen-bond donors (Lipinski definition) is 2.